The first-order valence-electron chi connectivity index (χ1n) is 13.0. The molecule has 1 aliphatic carbocycles. The molecule has 10 nitrogen and oxygen atoms in total. The molecule has 1 atom stereocenters. The Hall–Kier alpha value is -3.12. The quantitative estimate of drug-likeness (QED) is 0.238. The van der Waals surface area contributed by atoms with Crippen molar-refractivity contribution in [1.29, 1.82) is 0 Å². The van der Waals surface area contributed by atoms with Crippen molar-refractivity contribution in [2.45, 2.75) is 82.8 Å². The fourth-order valence-corrected chi connectivity index (χ4v) is 6.40. The van der Waals surface area contributed by atoms with E-state index in [0.29, 0.717) is 28.1 Å². The number of rotatable bonds is 12. The van der Waals surface area contributed by atoms with Gasteiger partial charge in [-0.3, -0.25) is 9.59 Å². The normalized spacial score (nSPS) is 13.6. The van der Waals surface area contributed by atoms with Crippen LogP contribution in [-0.2, 0) is 35.5 Å². The number of hydrogen-bond acceptors (Lipinski definition) is 9. The van der Waals surface area contributed by atoms with E-state index in [1.165, 1.54) is 29.4 Å². The number of ether oxygens (including phenoxy) is 1. The highest BCUT2D eigenvalue weighted by Crippen LogP contribution is 2.39. The van der Waals surface area contributed by atoms with Gasteiger partial charge in [0.1, 0.15) is 5.00 Å². The molecule has 12 heteroatoms. The molecular weight excluding hydrogens is 526 g/mol. The molecule has 0 saturated heterocycles. The molecule has 4 rings (SSSR count). The van der Waals surface area contributed by atoms with Crippen LogP contribution in [-0.4, -0.2) is 44.4 Å². The molecule has 0 unspecified atom stereocenters. The summed E-state index contributed by atoms with van der Waals surface area (Å²) in [6.45, 7) is 6.79. The number of furan rings is 1. The predicted octanol–water partition coefficient (Wildman–Crippen LogP) is 4.84. The van der Waals surface area contributed by atoms with E-state index in [1.807, 2.05) is 4.57 Å². The Balaban J connectivity index is 1.46. The smallest absolute Gasteiger partial charge is 0.341 e. The molecule has 0 saturated carbocycles. The van der Waals surface area contributed by atoms with Crippen LogP contribution in [0.4, 0.5) is 5.00 Å². The summed E-state index contributed by atoms with van der Waals surface area (Å²) in [6, 6.07) is 3.25. The van der Waals surface area contributed by atoms with Crippen molar-refractivity contribution in [3.8, 4) is 0 Å². The van der Waals surface area contributed by atoms with E-state index < -0.39 is 5.25 Å². The Bertz CT molecular complexity index is 1270. The highest BCUT2D eigenvalue weighted by Gasteiger charge is 2.29. The number of carbonyl (C=O) groups excluding carboxylic acids is 3. The van der Waals surface area contributed by atoms with Gasteiger partial charge in [-0.25, -0.2) is 4.79 Å². The van der Waals surface area contributed by atoms with Crippen LogP contribution in [0.2, 0.25) is 0 Å². The van der Waals surface area contributed by atoms with Crippen LogP contribution in [0.5, 0.6) is 0 Å². The first-order valence-corrected chi connectivity index (χ1v) is 14.6. The third kappa shape index (κ3) is 6.47. The van der Waals surface area contributed by atoms with E-state index >= 15 is 0 Å². The average Bonchev–Trinajstić information content (AvgIpc) is 3.65. The van der Waals surface area contributed by atoms with Crippen LogP contribution >= 0.6 is 23.1 Å². The molecule has 3 heterocycles. The minimum absolute atomic E-state index is 0.182. The lowest BCUT2D eigenvalue weighted by Crippen LogP contribution is -2.25. The number of nitrogens with one attached hydrogen (secondary N) is 2. The number of fused-ring (bicyclic) bond motifs is 1. The summed E-state index contributed by atoms with van der Waals surface area (Å²) in [6.07, 6.45) is 7.14. The number of unbranched alkanes of at least 4 members (excludes halogenated alkanes) is 1. The zero-order chi connectivity index (χ0) is 27.1. The summed E-state index contributed by atoms with van der Waals surface area (Å²) in [5.41, 5.74) is 1.51. The Labute approximate surface area is 229 Å². The fourth-order valence-electron chi connectivity index (χ4n) is 4.23. The van der Waals surface area contributed by atoms with Gasteiger partial charge in [-0.05, 0) is 63.6 Å². The van der Waals surface area contributed by atoms with Gasteiger partial charge in [-0.2, -0.15) is 0 Å². The average molecular weight is 560 g/mol. The summed E-state index contributed by atoms with van der Waals surface area (Å²) in [5.74, 6) is -0.121. The number of esters is 1. The number of thiophene rings is 1. The maximum atomic E-state index is 13.2. The highest BCUT2D eigenvalue weighted by molar-refractivity contribution is 8.00. The van der Waals surface area contributed by atoms with E-state index in [4.69, 9.17) is 9.15 Å². The summed E-state index contributed by atoms with van der Waals surface area (Å²) in [7, 11) is 0. The number of anilines is 1. The van der Waals surface area contributed by atoms with Crippen LogP contribution in [0, 0.1) is 0 Å². The minimum Gasteiger partial charge on any atom is -0.462 e. The second kappa shape index (κ2) is 13.1. The van der Waals surface area contributed by atoms with Crippen molar-refractivity contribution in [3.63, 3.8) is 0 Å². The Morgan fingerprint density at radius 1 is 1.24 bits per heavy atom. The van der Waals surface area contributed by atoms with Crippen molar-refractivity contribution in [3.05, 3.63) is 46.0 Å². The van der Waals surface area contributed by atoms with Crippen LogP contribution in [0.3, 0.4) is 0 Å². The van der Waals surface area contributed by atoms with Crippen LogP contribution in [0.1, 0.15) is 83.6 Å². The van der Waals surface area contributed by atoms with Gasteiger partial charge in [-0.15, -0.1) is 21.5 Å². The van der Waals surface area contributed by atoms with Gasteiger partial charge in [0.25, 0.3) is 5.91 Å². The van der Waals surface area contributed by atoms with Crippen molar-refractivity contribution >= 4 is 45.9 Å². The number of nitrogens with zero attached hydrogens (tertiary/aromatic N) is 3. The molecular formula is C26H33N5O5S2. The Morgan fingerprint density at radius 2 is 2.05 bits per heavy atom. The Kier molecular flexibility index (Phi) is 9.62. The molecule has 0 aromatic carbocycles. The molecule has 0 spiro atoms. The van der Waals surface area contributed by atoms with Crippen molar-refractivity contribution in [2.75, 3.05) is 11.9 Å². The number of aryl methyl sites for hydroxylation is 1. The zero-order valence-electron chi connectivity index (χ0n) is 21.9. The van der Waals surface area contributed by atoms with Gasteiger partial charge >= 0.3 is 5.97 Å². The predicted molar refractivity (Wildman–Crippen MR) is 146 cm³/mol. The lowest BCUT2D eigenvalue weighted by Gasteiger charge is -2.14. The van der Waals surface area contributed by atoms with Crippen molar-refractivity contribution in [2.24, 2.45) is 0 Å². The van der Waals surface area contributed by atoms with Crippen molar-refractivity contribution in [1.82, 2.24) is 20.1 Å². The number of amides is 2. The molecule has 0 bridgehead atoms. The summed E-state index contributed by atoms with van der Waals surface area (Å²) in [5, 5.41) is 15.0. The summed E-state index contributed by atoms with van der Waals surface area (Å²) < 4.78 is 12.4. The molecule has 3 aromatic heterocycles. The SMILES string of the molecule is CCCCn1c(CNC(=O)c2ccco2)nnc1S[C@@H](C)C(=O)Nc1sc2c(c1C(=O)OCC)CCCC2. The standard InChI is InChI=1S/C26H33N5O5S2/c1-4-6-13-31-20(15-27-23(33)18-11-9-14-36-18)29-30-26(31)37-16(3)22(32)28-24-21(25(34)35-5-2)17-10-7-8-12-19(17)38-24/h9,11,14,16H,4-8,10,12-13,15H2,1-3H3,(H,27,33)(H,28,32)/t16-/m0/s1. The molecule has 204 valence electrons. The number of hydrogen-bond donors (Lipinski definition) is 2. The zero-order valence-corrected chi connectivity index (χ0v) is 23.5. The van der Waals surface area contributed by atoms with Crippen LogP contribution in [0.15, 0.2) is 28.0 Å². The summed E-state index contributed by atoms with van der Waals surface area (Å²) in [4.78, 5) is 39.4. The number of carbonyl (C=O) groups is 3. The van der Waals surface area contributed by atoms with Crippen LogP contribution < -0.4 is 10.6 Å². The van der Waals surface area contributed by atoms with Crippen LogP contribution in [0.25, 0.3) is 0 Å². The maximum Gasteiger partial charge on any atom is 0.341 e. The third-order valence-corrected chi connectivity index (χ3v) is 8.51. The topological polar surface area (TPSA) is 128 Å². The molecule has 2 N–H and O–H groups in total. The van der Waals surface area contributed by atoms with Gasteiger partial charge < -0.3 is 24.4 Å². The fraction of sp³-hybridized carbons (Fsp3) is 0.500. The lowest BCUT2D eigenvalue weighted by atomic mass is 9.95. The first kappa shape index (κ1) is 27.9. The second-order valence-corrected chi connectivity index (χ2v) is 11.4. The largest absolute Gasteiger partial charge is 0.462 e. The minimum atomic E-state index is -0.501. The summed E-state index contributed by atoms with van der Waals surface area (Å²) >= 11 is 2.77. The Morgan fingerprint density at radius 3 is 2.79 bits per heavy atom. The van der Waals surface area contributed by atoms with E-state index in [0.717, 1.165) is 49.0 Å². The molecule has 38 heavy (non-hydrogen) atoms. The lowest BCUT2D eigenvalue weighted by molar-refractivity contribution is -0.115. The third-order valence-electron chi connectivity index (χ3n) is 6.22. The van der Waals surface area contributed by atoms with E-state index in [9.17, 15) is 14.4 Å². The van der Waals surface area contributed by atoms with Gasteiger partial charge in [0.05, 0.1) is 30.2 Å². The number of aromatic nitrogens is 3. The monoisotopic (exact) mass is 559 g/mol. The van der Waals surface area contributed by atoms with E-state index in [1.54, 1.807) is 26.0 Å². The molecule has 3 aromatic rings. The van der Waals surface area contributed by atoms with Crippen molar-refractivity contribution < 1.29 is 23.5 Å². The molecule has 1 aliphatic rings. The first-order chi connectivity index (χ1) is 18.4. The molecule has 0 radical (unpaired) electrons. The highest BCUT2D eigenvalue weighted by atomic mass is 32.2. The van der Waals surface area contributed by atoms with Gasteiger partial charge in [0.15, 0.2) is 16.7 Å². The molecule has 0 aliphatic heterocycles. The maximum absolute atomic E-state index is 13.2. The molecule has 0 fully saturated rings. The second-order valence-electron chi connectivity index (χ2n) is 8.95. The van der Waals surface area contributed by atoms with Gasteiger partial charge in [0.2, 0.25) is 5.91 Å². The number of thioether (sulfide) groups is 1. The van der Waals surface area contributed by atoms with E-state index in [-0.39, 0.29) is 36.7 Å². The van der Waals surface area contributed by atoms with Gasteiger partial charge in [0, 0.05) is 11.4 Å². The molecule has 2 amide bonds. The van der Waals surface area contributed by atoms with E-state index in [2.05, 4.69) is 27.8 Å². The van der Waals surface area contributed by atoms with Gasteiger partial charge in [-0.1, -0.05) is 25.1 Å².